The molecule has 1 fully saturated rings. The molecule has 1 aromatic carbocycles. The van der Waals surface area contributed by atoms with E-state index in [1.54, 1.807) is 6.92 Å². The number of Topliss-reactive ketones (excluding diaryl/α,β-unsaturated/α-hetero) is 1. The predicted molar refractivity (Wildman–Crippen MR) is 66.7 cm³/mol. The number of benzene rings is 1. The van der Waals surface area contributed by atoms with Gasteiger partial charge in [0.1, 0.15) is 11.7 Å². The van der Waals surface area contributed by atoms with Crippen LogP contribution in [-0.4, -0.2) is 5.78 Å². The average Bonchev–Trinajstić information content (AvgIpc) is 3.16. The zero-order valence-corrected chi connectivity index (χ0v) is 10.7. The van der Waals surface area contributed by atoms with Crippen LogP contribution >= 0.6 is 11.6 Å². The Morgan fingerprint density at radius 3 is 2.72 bits per heavy atom. The number of nitriles is 1. The summed E-state index contributed by atoms with van der Waals surface area (Å²) < 4.78 is 13.7. The Kier molecular flexibility index (Phi) is 3.68. The van der Waals surface area contributed by atoms with Crippen LogP contribution < -0.4 is 0 Å². The van der Waals surface area contributed by atoms with Crippen LogP contribution in [0.1, 0.15) is 31.2 Å². The van der Waals surface area contributed by atoms with E-state index in [1.165, 1.54) is 18.2 Å². The van der Waals surface area contributed by atoms with Gasteiger partial charge in [0.25, 0.3) is 0 Å². The average molecular weight is 266 g/mol. The predicted octanol–water partition coefficient (Wildman–Crippen LogP) is 3.70. The summed E-state index contributed by atoms with van der Waals surface area (Å²) in [6, 6.07) is 6.07. The SMILES string of the molecule is CC(C(=O)C(C#N)c1c(F)cccc1Cl)C1CC1. The molecule has 0 aromatic heterocycles. The Morgan fingerprint density at radius 2 is 2.22 bits per heavy atom. The minimum Gasteiger partial charge on any atom is -0.298 e. The van der Waals surface area contributed by atoms with Gasteiger partial charge in [-0.05, 0) is 30.9 Å². The molecule has 94 valence electrons. The van der Waals surface area contributed by atoms with Crippen LogP contribution in [-0.2, 0) is 4.79 Å². The van der Waals surface area contributed by atoms with Crippen LogP contribution in [0.15, 0.2) is 18.2 Å². The summed E-state index contributed by atoms with van der Waals surface area (Å²) in [4.78, 5) is 12.2. The molecule has 0 aliphatic heterocycles. The summed E-state index contributed by atoms with van der Waals surface area (Å²) in [5.41, 5.74) is 0.0131. The van der Waals surface area contributed by atoms with Crippen LogP contribution in [0.25, 0.3) is 0 Å². The number of ketones is 1. The van der Waals surface area contributed by atoms with Crippen LogP contribution in [0.2, 0.25) is 5.02 Å². The molecule has 0 radical (unpaired) electrons. The highest BCUT2D eigenvalue weighted by Gasteiger charge is 2.37. The highest BCUT2D eigenvalue weighted by Crippen LogP contribution is 2.40. The van der Waals surface area contributed by atoms with Crippen molar-refractivity contribution in [1.29, 1.82) is 5.26 Å². The summed E-state index contributed by atoms with van der Waals surface area (Å²) in [6.07, 6.45) is 2.02. The van der Waals surface area contributed by atoms with Crippen molar-refractivity contribution in [3.05, 3.63) is 34.6 Å². The van der Waals surface area contributed by atoms with Crippen LogP contribution in [0, 0.1) is 29.0 Å². The Balaban J connectivity index is 2.33. The van der Waals surface area contributed by atoms with E-state index >= 15 is 0 Å². The topological polar surface area (TPSA) is 40.9 Å². The Morgan fingerprint density at radius 1 is 1.56 bits per heavy atom. The van der Waals surface area contributed by atoms with E-state index in [4.69, 9.17) is 16.9 Å². The van der Waals surface area contributed by atoms with Crippen molar-refractivity contribution in [3.8, 4) is 6.07 Å². The van der Waals surface area contributed by atoms with Gasteiger partial charge in [-0.1, -0.05) is 24.6 Å². The van der Waals surface area contributed by atoms with Crippen molar-refractivity contribution in [2.24, 2.45) is 11.8 Å². The smallest absolute Gasteiger partial charge is 0.157 e. The molecule has 0 amide bonds. The first-order chi connectivity index (χ1) is 8.56. The van der Waals surface area contributed by atoms with Gasteiger partial charge < -0.3 is 0 Å². The molecule has 2 rings (SSSR count). The molecular weight excluding hydrogens is 253 g/mol. The van der Waals surface area contributed by atoms with Crippen molar-refractivity contribution in [3.63, 3.8) is 0 Å². The second kappa shape index (κ2) is 5.07. The number of halogens is 2. The van der Waals surface area contributed by atoms with Gasteiger partial charge in [0.2, 0.25) is 0 Å². The van der Waals surface area contributed by atoms with Gasteiger partial charge in [0.05, 0.1) is 6.07 Å². The van der Waals surface area contributed by atoms with Crippen LogP contribution in [0.3, 0.4) is 0 Å². The van der Waals surface area contributed by atoms with E-state index in [-0.39, 0.29) is 22.3 Å². The second-order valence-corrected chi connectivity index (χ2v) is 5.13. The quantitative estimate of drug-likeness (QED) is 0.833. The molecule has 1 saturated carbocycles. The molecule has 0 spiro atoms. The lowest BCUT2D eigenvalue weighted by Crippen LogP contribution is -2.21. The van der Waals surface area contributed by atoms with Gasteiger partial charge in [-0.15, -0.1) is 0 Å². The van der Waals surface area contributed by atoms with Gasteiger partial charge in [-0.2, -0.15) is 5.26 Å². The molecule has 0 heterocycles. The summed E-state index contributed by atoms with van der Waals surface area (Å²) in [7, 11) is 0. The highest BCUT2D eigenvalue weighted by atomic mass is 35.5. The third kappa shape index (κ3) is 2.39. The lowest BCUT2D eigenvalue weighted by Gasteiger charge is -2.15. The first kappa shape index (κ1) is 13.0. The molecule has 2 unspecified atom stereocenters. The number of nitrogens with zero attached hydrogens (tertiary/aromatic N) is 1. The minimum atomic E-state index is -1.10. The largest absolute Gasteiger partial charge is 0.298 e. The Hall–Kier alpha value is -1.40. The minimum absolute atomic E-state index is 0.0131. The van der Waals surface area contributed by atoms with E-state index in [9.17, 15) is 9.18 Å². The van der Waals surface area contributed by atoms with Crippen molar-refractivity contribution in [2.75, 3.05) is 0 Å². The van der Waals surface area contributed by atoms with Crippen LogP contribution in [0.5, 0.6) is 0 Å². The first-order valence-electron chi connectivity index (χ1n) is 5.93. The fourth-order valence-corrected chi connectivity index (χ4v) is 2.42. The van der Waals surface area contributed by atoms with Crippen molar-refractivity contribution in [2.45, 2.75) is 25.7 Å². The maximum absolute atomic E-state index is 13.7. The molecule has 0 bridgehead atoms. The second-order valence-electron chi connectivity index (χ2n) is 4.73. The van der Waals surface area contributed by atoms with Crippen molar-refractivity contribution >= 4 is 17.4 Å². The number of carbonyl (C=O) groups is 1. The maximum Gasteiger partial charge on any atom is 0.157 e. The molecule has 1 aromatic rings. The molecule has 2 nitrogen and oxygen atoms in total. The Bertz CT molecular complexity index is 499. The fourth-order valence-electron chi connectivity index (χ4n) is 2.15. The van der Waals surface area contributed by atoms with Crippen molar-refractivity contribution in [1.82, 2.24) is 0 Å². The van der Waals surface area contributed by atoms with E-state index in [0.717, 1.165) is 12.8 Å². The lowest BCUT2D eigenvalue weighted by molar-refractivity contribution is -0.123. The number of hydrogen-bond acceptors (Lipinski definition) is 2. The van der Waals surface area contributed by atoms with Gasteiger partial charge in [0.15, 0.2) is 5.78 Å². The maximum atomic E-state index is 13.7. The van der Waals surface area contributed by atoms with Crippen LogP contribution in [0.4, 0.5) is 4.39 Å². The summed E-state index contributed by atoms with van der Waals surface area (Å²) in [5, 5.41) is 9.29. The van der Waals surface area contributed by atoms with Gasteiger partial charge >= 0.3 is 0 Å². The lowest BCUT2D eigenvalue weighted by atomic mass is 9.86. The molecule has 2 atom stereocenters. The third-order valence-electron chi connectivity index (χ3n) is 3.48. The van der Waals surface area contributed by atoms with E-state index in [1.807, 2.05) is 6.07 Å². The first-order valence-corrected chi connectivity index (χ1v) is 6.31. The molecule has 1 aliphatic rings. The van der Waals surface area contributed by atoms with E-state index in [0.29, 0.717) is 5.92 Å². The third-order valence-corrected chi connectivity index (χ3v) is 3.81. The molecule has 18 heavy (non-hydrogen) atoms. The molecule has 4 heteroatoms. The molecule has 0 saturated heterocycles. The van der Waals surface area contributed by atoms with E-state index < -0.39 is 11.7 Å². The zero-order valence-electron chi connectivity index (χ0n) is 9.99. The zero-order chi connectivity index (χ0) is 13.3. The molecule has 1 aliphatic carbocycles. The molecule has 0 N–H and O–H groups in total. The number of rotatable bonds is 4. The van der Waals surface area contributed by atoms with Gasteiger partial charge in [-0.3, -0.25) is 4.79 Å². The summed E-state index contributed by atoms with van der Waals surface area (Å²) in [6.45, 7) is 1.80. The van der Waals surface area contributed by atoms with Gasteiger partial charge in [-0.25, -0.2) is 4.39 Å². The normalized spacial score (nSPS) is 17.9. The summed E-state index contributed by atoms with van der Waals surface area (Å²) in [5.74, 6) is -1.78. The van der Waals surface area contributed by atoms with Gasteiger partial charge in [0, 0.05) is 16.5 Å². The number of hydrogen-bond donors (Lipinski definition) is 0. The number of carbonyl (C=O) groups excluding carboxylic acids is 1. The fraction of sp³-hybridized carbons (Fsp3) is 0.429. The monoisotopic (exact) mass is 265 g/mol. The van der Waals surface area contributed by atoms with Crippen molar-refractivity contribution < 1.29 is 9.18 Å². The standard InChI is InChI=1S/C14H13ClFNO/c1-8(9-5-6-9)14(18)10(7-17)13-11(15)3-2-4-12(13)16/h2-4,8-10H,5-6H2,1H3. The highest BCUT2D eigenvalue weighted by molar-refractivity contribution is 6.31. The summed E-state index contributed by atoms with van der Waals surface area (Å²) >= 11 is 5.90. The Labute approximate surface area is 110 Å². The van der Waals surface area contributed by atoms with E-state index in [2.05, 4.69) is 0 Å². The molecular formula is C14H13ClFNO.